The van der Waals surface area contributed by atoms with Crippen LogP contribution in [0, 0.1) is 0 Å². The molecule has 6 heteroatoms. The van der Waals surface area contributed by atoms with Gasteiger partial charge < -0.3 is 20.5 Å². The summed E-state index contributed by atoms with van der Waals surface area (Å²) in [7, 11) is 0. The third-order valence-electron chi connectivity index (χ3n) is 2.28. The zero-order valence-corrected chi connectivity index (χ0v) is 8.23. The van der Waals surface area contributed by atoms with Gasteiger partial charge in [0, 0.05) is 25.4 Å². The highest BCUT2D eigenvalue weighted by Gasteiger charge is 2.29. The standard InChI is InChI=1S/C9H14N2O4/c12-3-1-2-8(13)11-6-4-7(9(14)15)10-5-6/h3,6-7,10H,1-2,4-5H2,(H,11,13)(H,14,15)/t6-,7-/m0/s1. The fourth-order valence-electron chi connectivity index (χ4n) is 1.52. The predicted molar refractivity (Wildman–Crippen MR) is 51.3 cm³/mol. The first-order valence-corrected chi connectivity index (χ1v) is 4.82. The topological polar surface area (TPSA) is 95.5 Å². The second-order valence-electron chi connectivity index (χ2n) is 3.50. The molecule has 2 atom stereocenters. The van der Waals surface area contributed by atoms with Gasteiger partial charge in [-0.15, -0.1) is 0 Å². The Labute approximate surface area is 87.0 Å². The quantitative estimate of drug-likeness (QED) is 0.505. The van der Waals surface area contributed by atoms with E-state index in [9.17, 15) is 14.4 Å². The van der Waals surface area contributed by atoms with Crippen molar-refractivity contribution >= 4 is 18.2 Å². The molecule has 6 nitrogen and oxygen atoms in total. The third-order valence-corrected chi connectivity index (χ3v) is 2.28. The van der Waals surface area contributed by atoms with E-state index in [2.05, 4.69) is 10.6 Å². The van der Waals surface area contributed by atoms with E-state index in [0.717, 1.165) is 0 Å². The predicted octanol–water partition coefficient (Wildman–Crippen LogP) is -1.10. The monoisotopic (exact) mass is 214 g/mol. The molecule has 1 saturated heterocycles. The minimum atomic E-state index is -0.903. The lowest BCUT2D eigenvalue weighted by atomic mass is 10.1. The van der Waals surface area contributed by atoms with Crippen LogP contribution in [0.15, 0.2) is 0 Å². The number of carbonyl (C=O) groups excluding carboxylic acids is 2. The molecule has 0 aliphatic carbocycles. The first-order valence-electron chi connectivity index (χ1n) is 4.82. The number of aliphatic carboxylic acids is 1. The van der Waals surface area contributed by atoms with Crippen LogP contribution in [0.1, 0.15) is 19.3 Å². The van der Waals surface area contributed by atoms with Gasteiger partial charge in [-0.3, -0.25) is 9.59 Å². The highest BCUT2D eigenvalue weighted by Crippen LogP contribution is 2.06. The zero-order valence-electron chi connectivity index (χ0n) is 8.23. The van der Waals surface area contributed by atoms with Crippen molar-refractivity contribution in [3.63, 3.8) is 0 Å². The van der Waals surface area contributed by atoms with Gasteiger partial charge in [-0.25, -0.2) is 0 Å². The van der Waals surface area contributed by atoms with E-state index in [0.29, 0.717) is 19.3 Å². The zero-order chi connectivity index (χ0) is 11.3. The molecule has 1 aliphatic rings. The summed E-state index contributed by atoms with van der Waals surface area (Å²) in [5, 5.41) is 14.1. The summed E-state index contributed by atoms with van der Waals surface area (Å²) >= 11 is 0. The fraction of sp³-hybridized carbons (Fsp3) is 0.667. The molecule has 0 bridgehead atoms. The maximum atomic E-state index is 11.2. The van der Waals surface area contributed by atoms with Gasteiger partial charge in [0.25, 0.3) is 0 Å². The molecular weight excluding hydrogens is 200 g/mol. The molecule has 0 unspecified atom stereocenters. The lowest BCUT2D eigenvalue weighted by Gasteiger charge is -2.10. The fourth-order valence-corrected chi connectivity index (χ4v) is 1.52. The smallest absolute Gasteiger partial charge is 0.320 e. The van der Waals surface area contributed by atoms with Gasteiger partial charge in [0.15, 0.2) is 0 Å². The van der Waals surface area contributed by atoms with E-state index in [1.165, 1.54) is 0 Å². The summed E-state index contributed by atoms with van der Waals surface area (Å²) in [4.78, 5) is 31.8. The number of hydrogen-bond acceptors (Lipinski definition) is 4. The number of carboxylic acids is 1. The number of rotatable bonds is 5. The molecule has 0 radical (unpaired) electrons. The largest absolute Gasteiger partial charge is 0.480 e. The van der Waals surface area contributed by atoms with E-state index >= 15 is 0 Å². The Morgan fingerprint density at radius 2 is 2.27 bits per heavy atom. The van der Waals surface area contributed by atoms with Crippen LogP contribution in [0.4, 0.5) is 0 Å². The molecular formula is C9H14N2O4. The van der Waals surface area contributed by atoms with E-state index in [1.54, 1.807) is 0 Å². The van der Waals surface area contributed by atoms with Crippen LogP contribution in [0.25, 0.3) is 0 Å². The summed E-state index contributed by atoms with van der Waals surface area (Å²) in [6, 6.07) is -0.730. The normalized spacial score (nSPS) is 24.8. The molecule has 0 aromatic heterocycles. The van der Waals surface area contributed by atoms with Crippen molar-refractivity contribution in [1.82, 2.24) is 10.6 Å². The molecule has 0 saturated carbocycles. The molecule has 1 aliphatic heterocycles. The SMILES string of the molecule is O=CCCC(=O)N[C@@H]1CN[C@H](C(=O)O)C1. The Kier molecular flexibility index (Phi) is 4.23. The summed E-state index contributed by atoms with van der Waals surface area (Å²) in [5.74, 6) is -1.11. The van der Waals surface area contributed by atoms with E-state index in [-0.39, 0.29) is 24.8 Å². The van der Waals surface area contributed by atoms with Crippen molar-refractivity contribution in [2.45, 2.75) is 31.3 Å². The molecule has 1 amide bonds. The van der Waals surface area contributed by atoms with Gasteiger partial charge in [-0.1, -0.05) is 0 Å². The highest BCUT2D eigenvalue weighted by molar-refractivity contribution is 5.79. The first-order chi connectivity index (χ1) is 7.13. The maximum absolute atomic E-state index is 11.2. The van der Waals surface area contributed by atoms with E-state index in [1.807, 2.05) is 0 Å². The molecule has 1 fully saturated rings. The van der Waals surface area contributed by atoms with Crippen molar-refractivity contribution in [3.05, 3.63) is 0 Å². The molecule has 3 N–H and O–H groups in total. The van der Waals surface area contributed by atoms with E-state index < -0.39 is 12.0 Å². The van der Waals surface area contributed by atoms with Crippen LogP contribution in [0.3, 0.4) is 0 Å². The van der Waals surface area contributed by atoms with Gasteiger partial charge in [-0.2, -0.15) is 0 Å². The average Bonchev–Trinajstić information content (AvgIpc) is 2.63. The van der Waals surface area contributed by atoms with Crippen molar-refractivity contribution < 1.29 is 19.5 Å². The molecule has 15 heavy (non-hydrogen) atoms. The van der Waals surface area contributed by atoms with Crippen LogP contribution in [0.2, 0.25) is 0 Å². The summed E-state index contributed by atoms with van der Waals surface area (Å²) in [6.45, 7) is 0.462. The maximum Gasteiger partial charge on any atom is 0.320 e. The number of carbonyl (C=O) groups is 3. The second kappa shape index (κ2) is 5.45. The number of carboxylic acid groups (broad SMARTS) is 1. The Hall–Kier alpha value is -1.43. The highest BCUT2D eigenvalue weighted by atomic mass is 16.4. The number of nitrogens with one attached hydrogen (secondary N) is 2. The third kappa shape index (κ3) is 3.67. The van der Waals surface area contributed by atoms with Gasteiger partial charge in [0.05, 0.1) is 0 Å². The van der Waals surface area contributed by atoms with Crippen molar-refractivity contribution in [3.8, 4) is 0 Å². The molecule has 0 aromatic carbocycles. The second-order valence-corrected chi connectivity index (χ2v) is 3.50. The molecule has 0 aromatic rings. The lowest BCUT2D eigenvalue weighted by Crippen LogP contribution is -2.36. The van der Waals surface area contributed by atoms with Crippen molar-refractivity contribution in [2.75, 3.05) is 6.54 Å². The number of hydrogen-bond donors (Lipinski definition) is 3. The summed E-state index contributed by atoms with van der Waals surface area (Å²) in [6.07, 6.45) is 1.45. The molecule has 1 rings (SSSR count). The minimum Gasteiger partial charge on any atom is -0.480 e. The van der Waals surface area contributed by atoms with Crippen molar-refractivity contribution in [2.24, 2.45) is 0 Å². The van der Waals surface area contributed by atoms with Gasteiger partial charge in [0.1, 0.15) is 12.3 Å². The van der Waals surface area contributed by atoms with Crippen LogP contribution >= 0.6 is 0 Å². The van der Waals surface area contributed by atoms with E-state index in [4.69, 9.17) is 5.11 Å². The van der Waals surface area contributed by atoms with Crippen LogP contribution in [0.5, 0.6) is 0 Å². The molecule has 1 heterocycles. The van der Waals surface area contributed by atoms with Crippen LogP contribution in [-0.4, -0.2) is 41.9 Å². The first kappa shape index (κ1) is 11.6. The Morgan fingerprint density at radius 3 is 2.80 bits per heavy atom. The molecule has 84 valence electrons. The van der Waals surface area contributed by atoms with Crippen LogP contribution < -0.4 is 10.6 Å². The minimum absolute atomic E-state index is 0.148. The average molecular weight is 214 g/mol. The van der Waals surface area contributed by atoms with Gasteiger partial charge in [-0.05, 0) is 6.42 Å². The number of aldehydes is 1. The Bertz CT molecular complexity index is 267. The van der Waals surface area contributed by atoms with Gasteiger partial charge in [0.2, 0.25) is 5.91 Å². The van der Waals surface area contributed by atoms with Crippen molar-refractivity contribution in [1.29, 1.82) is 0 Å². The van der Waals surface area contributed by atoms with Gasteiger partial charge >= 0.3 is 5.97 Å². The Morgan fingerprint density at radius 1 is 1.53 bits per heavy atom. The summed E-state index contributed by atoms with van der Waals surface area (Å²) < 4.78 is 0. The Balaban J connectivity index is 2.26. The van der Waals surface area contributed by atoms with Crippen LogP contribution in [-0.2, 0) is 14.4 Å². The lowest BCUT2D eigenvalue weighted by molar-refractivity contribution is -0.139. The number of amides is 1. The molecule has 0 spiro atoms. The summed E-state index contributed by atoms with van der Waals surface area (Å²) in [5.41, 5.74) is 0.